The van der Waals surface area contributed by atoms with Crippen molar-refractivity contribution in [2.45, 2.75) is 20.8 Å². The zero-order chi connectivity index (χ0) is 18.7. The maximum atomic E-state index is 12.5. The zero-order valence-electron chi connectivity index (χ0n) is 15.5. The Morgan fingerprint density at radius 2 is 1.65 bits per heavy atom. The summed E-state index contributed by atoms with van der Waals surface area (Å²) >= 11 is 0. The van der Waals surface area contributed by atoms with E-state index in [9.17, 15) is 9.59 Å². The van der Waals surface area contributed by atoms with Crippen LogP contribution >= 0.6 is 0 Å². The van der Waals surface area contributed by atoms with Gasteiger partial charge in [0.15, 0.2) is 5.76 Å². The van der Waals surface area contributed by atoms with E-state index < -0.39 is 0 Å². The van der Waals surface area contributed by atoms with Crippen molar-refractivity contribution in [1.29, 1.82) is 0 Å². The highest BCUT2D eigenvalue weighted by Crippen LogP contribution is 2.19. The third-order valence-corrected chi connectivity index (χ3v) is 4.83. The van der Waals surface area contributed by atoms with Gasteiger partial charge in [-0.25, -0.2) is 0 Å². The van der Waals surface area contributed by atoms with E-state index in [-0.39, 0.29) is 11.8 Å². The van der Waals surface area contributed by atoms with Crippen molar-refractivity contribution >= 4 is 17.5 Å². The highest BCUT2D eigenvalue weighted by Gasteiger charge is 2.25. The number of anilines is 1. The van der Waals surface area contributed by atoms with Crippen molar-refractivity contribution in [2.75, 3.05) is 38.0 Å². The van der Waals surface area contributed by atoms with E-state index in [1.807, 2.05) is 39.0 Å². The fourth-order valence-electron chi connectivity index (χ4n) is 3.24. The fourth-order valence-corrected chi connectivity index (χ4v) is 3.24. The standard InChI is InChI=1S/C20H25N3O3/c1-14-5-4-6-15(2)18(14)21-17(24)13-22-8-10-23(11-9-22)20(25)19-16(3)7-12-26-19/h4-7,12H,8-11,13H2,1-3H3,(H,21,24). The first-order chi connectivity index (χ1) is 12.5. The average molecular weight is 355 g/mol. The first kappa shape index (κ1) is 18.2. The summed E-state index contributed by atoms with van der Waals surface area (Å²) in [6.45, 7) is 8.70. The molecule has 1 N–H and O–H groups in total. The number of aryl methyl sites for hydroxylation is 3. The molecular formula is C20H25N3O3. The normalized spacial score (nSPS) is 15.1. The van der Waals surface area contributed by atoms with Crippen LogP contribution in [0.15, 0.2) is 34.9 Å². The molecule has 0 bridgehead atoms. The topological polar surface area (TPSA) is 65.8 Å². The number of carbonyl (C=O) groups is 2. The summed E-state index contributed by atoms with van der Waals surface area (Å²) in [5.74, 6) is 0.308. The molecule has 1 saturated heterocycles. The average Bonchev–Trinajstić information content (AvgIpc) is 3.04. The lowest BCUT2D eigenvalue weighted by Gasteiger charge is -2.34. The second-order valence-corrected chi connectivity index (χ2v) is 6.82. The van der Waals surface area contributed by atoms with Crippen LogP contribution in [0, 0.1) is 20.8 Å². The van der Waals surface area contributed by atoms with Gasteiger partial charge in [0.25, 0.3) is 5.91 Å². The molecule has 0 spiro atoms. The Labute approximate surface area is 153 Å². The van der Waals surface area contributed by atoms with E-state index in [1.165, 1.54) is 6.26 Å². The van der Waals surface area contributed by atoms with Gasteiger partial charge in [-0.3, -0.25) is 14.5 Å². The van der Waals surface area contributed by atoms with Crippen molar-refractivity contribution in [3.05, 3.63) is 53.0 Å². The molecule has 1 fully saturated rings. The van der Waals surface area contributed by atoms with Gasteiger partial charge in [-0.05, 0) is 38.0 Å². The summed E-state index contributed by atoms with van der Waals surface area (Å²) in [4.78, 5) is 28.7. The number of nitrogens with one attached hydrogen (secondary N) is 1. The van der Waals surface area contributed by atoms with Gasteiger partial charge < -0.3 is 14.6 Å². The van der Waals surface area contributed by atoms with Crippen molar-refractivity contribution in [2.24, 2.45) is 0 Å². The first-order valence-corrected chi connectivity index (χ1v) is 8.87. The van der Waals surface area contributed by atoms with Crippen LogP contribution in [-0.4, -0.2) is 54.3 Å². The Kier molecular flexibility index (Phi) is 5.42. The highest BCUT2D eigenvalue weighted by molar-refractivity contribution is 5.94. The van der Waals surface area contributed by atoms with Crippen molar-refractivity contribution < 1.29 is 14.0 Å². The van der Waals surface area contributed by atoms with Gasteiger partial charge in [-0.1, -0.05) is 18.2 Å². The molecule has 0 saturated carbocycles. The SMILES string of the molecule is Cc1ccoc1C(=O)N1CCN(CC(=O)Nc2c(C)cccc2C)CC1. The zero-order valence-corrected chi connectivity index (χ0v) is 15.5. The van der Waals surface area contributed by atoms with Gasteiger partial charge in [0.05, 0.1) is 12.8 Å². The molecule has 2 heterocycles. The molecule has 6 heteroatoms. The lowest BCUT2D eigenvalue weighted by molar-refractivity contribution is -0.117. The van der Waals surface area contributed by atoms with Gasteiger partial charge in [0.1, 0.15) is 0 Å². The third-order valence-electron chi connectivity index (χ3n) is 4.83. The molecule has 1 aromatic carbocycles. The predicted molar refractivity (Wildman–Crippen MR) is 100 cm³/mol. The van der Waals surface area contributed by atoms with Crippen LogP contribution in [0.3, 0.4) is 0 Å². The minimum absolute atomic E-state index is 0.0240. The molecule has 138 valence electrons. The van der Waals surface area contributed by atoms with Gasteiger partial charge >= 0.3 is 0 Å². The monoisotopic (exact) mass is 355 g/mol. The summed E-state index contributed by atoms with van der Waals surface area (Å²) in [7, 11) is 0. The number of piperazine rings is 1. The van der Waals surface area contributed by atoms with Crippen LogP contribution in [-0.2, 0) is 4.79 Å². The largest absolute Gasteiger partial charge is 0.459 e. The molecule has 0 aliphatic carbocycles. The molecule has 0 atom stereocenters. The molecule has 6 nitrogen and oxygen atoms in total. The number of para-hydroxylation sites is 1. The van der Waals surface area contributed by atoms with Crippen molar-refractivity contribution in [1.82, 2.24) is 9.80 Å². The van der Waals surface area contributed by atoms with Gasteiger partial charge in [-0.2, -0.15) is 0 Å². The number of rotatable bonds is 4. The van der Waals surface area contributed by atoms with Crippen LogP contribution in [0.2, 0.25) is 0 Å². The first-order valence-electron chi connectivity index (χ1n) is 8.87. The molecular weight excluding hydrogens is 330 g/mol. The summed E-state index contributed by atoms with van der Waals surface area (Å²) < 4.78 is 5.29. The minimum Gasteiger partial charge on any atom is -0.459 e. The Hall–Kier alpha value is -2.60. The van der Waals surface area contributed by atoms with Crippen LogP contribution in [0.4, 0.5) is 5.69 Å². The highest BCUT2D eigenvalue weighted by atomic mass is 16.3. The maximum Gasteiger partial charge on any atom is 0.289 e. The third kappa shape index (κ3) is 3.96. The summed E-state index contributed by atoms with van der Waals surface area (Å²) in [6.07, 6.45) is 1.54. The molecule has 26 heavy (non-hydrogen) atoms. The van der Waals surface area contributed by atoms with Gasteiger partial charge in [0.2, 0.25) is 5.91 Å². The van der Waals surface area contributed by atoms with Crippen molar-refractivity contribution in [3.63, 3.8) is 0 Å². The fraction of sp³-hybridized carbons (Fsp3) is 0.400. The molecule has 2 aromatic rings. The van der Waals surface area contributed by atoms with Crippen molar-refractivity contribution in [3.8, 4) is 0 Å². The number of hydrogen-bond donors (Lipinski definition) is 1. The number of amides is 2. The van der Waals surface area contributed by atoms with E-state index in [0.29, 0.717) is 38.5 Å². The number of hydrogen-bond acceptors (Lipinski definition) is 4. The number of carbonyl (C=O) groups excluding carboxylic acids is 2. The van der Waals surface area contributed by atoms with E-state index in [0.717, 1.165) is 22.4 Å². The van der Waals surface area contributed by atoms with E-state index in [2.05, 4.69) is 10.2 Å². The van der Waals surface area contributed by atoms with Crippen LogP contribution in [0.1, 0.15) is 27.2 Å². The smallest absolute Gasteiger partial charge is 0.289 e. The summed E-state index contributed by atoms with van der Waals surface area (Å²) in [5, 5.41) is 3.01. The van der Waals surface area contributed by atoms with Crippen LogP contribution in [0.5, 0.6) is 0 Å². The van der Waals surface area contributed by atoms with E-state index in [1.54, 1.807) is 11.0 Å². The minimum atomic E-state index is -0.0767. The number of nitrogens with zero attached hydrogens (tertiary/aromatic N) is 2. The molecule has 3 rings (SSSR count). The van der Waals surface area contributed by atoms with Gasteiger partial charge in [0, 0.05) is 37.4 Å². The summed E-state index contributed by atoms with van der Waals surface area (Å²) in [5.41, 5.74) is 3.86. The van der Waals surface area contributed by atoms with Gasteiger partial charge in [-0.15, -0.1) is 0 Å². The molecule has 0 unspecified atom stereocenters. The van der Waals surface area contributed by atoms with E-state index >= 15 is 0 Å². The van der Waals surface area contributed by atoms with E-state index in [4.69, 9.17) is 4.42 Å². The second-order valence-electron chi connectivity index (χ2n) is 6.82. The molecule has 0 radical (unpaired) electrons. The molecule has 1 aliphatic heterocycles. The quantitative estimate of drug-likeness (QED) is 0.916. The second kappa shape index (κ2) is 7.74. The molecule has 1 aromatic heterocycles. The lowest BCUT2D eigenvalue weighted by Crippen LogP contribution is -2.50. The maximum absolute atomic E-state index is 12.5. The molecule has 2 amide bonds. The Morgan fingerprint density at radius 1 is 1.00 bits per heavy atom. The Bertz CT molecular complexity index is 784. The number of furan rings is 1. The predicted octanol–water partition coefficient (Wildman–Crippen LogP) is 2.60. The molecule has 1 aliphatic rings. The van der Waals surface area contributed by atoms with Crippen LogP contribution in [0.25, 0.3) is 0 Å². The Morgan fingerprint density at radius 3 is 2.23 bits per heavy atom. The summed E-state index contributed by atoms with van der Waals surface area (Å²) in [6, 6.07) is 7.76. The lowest BCUT2D eigenvalue weighted by atomic mass is 10.1. The number of benzene rings is 1. The van der Waals surface area contributed by atoms with Crippen LogP contribution < -0.4 is 5.32 Å². The Balaban J connectivity index is 1.52.